The summed E-state index contributed by atoms with van der Waals surface area (Å²) in [7, 11) is 0. The minimum Gasteiger partial charge on any atom is -0.378 e. The summed E-state index contributed by atoms with van der Waals surface area (Å²) in [5.74, 6) is 1.39. The number of piperidine rings is 1. The summed E-state index contributed by atoms with van der Waals surface area (Å²) in [5.41, 5.74) is 8.99. The first-order valence-corrected chi connectivity index (χ1v) is 12.4. The van der Waals surface area contributed by atoms with Crippen LogP contribution in [0.5, 0.6) is 0 Å². The third-order valence-corrected chi connectivity index (χ3v) is 7.49. The summed E-state index contributed by atoms with van der Waals surface area (Å²) < 4.78 is 7.22. The van der Waals surface area contributed by atoms with Crippen LogP contribution in [0.3, 0.4) is 0 Å². The van der Waals surface area contributed by atoms with Gasteiger partial charge in [-0.1, -0.05) is 13.8 Å². The molecule has 2 N–H and O–H groups in total. The molecule has 0 amide bonds. The maximum Gasteiger partial charge on any atom is 0.158 e. The largest absolute Gasteiger partial charge is 0.378 e. The Bertz CT molecular complexity index is 1350. The average Bonchev–Trinajstić information content (AvgIpc) is 3.43. The van der Waals surface area contributed by atoms with Gasteiger partial charge >= 0.3 is 0 Å². The van der Waals surface area contributed by atoms with Gasteiger partial charge in [-0.3, -0.25) is 0 Å². The predicted molar refractivity (Wildman–Crippen MR) is 135 cm³/mol. The zero-order valence-corrected chi connectivity index (χ0v) is 20.4. The van der Waals surface area contributed by atoms with E-state index in [2.05, 4.69) is 71.3 Å². The number of aryl methyl sites for hydroxylation is 1. The van der Waals surface area contributed by atoms with Crippen molar-refractivity contribution in [1.29, 1.82) is 0 Å². The summed E-state index contributed by atoms with van der Waals surface area (Å²) >= 11 is 0. The fourth-order valence-corrected chi connectivity index (χ4v) is 5.47. The molecule has 34 heavy (non-hydrogen) atoms. The molecule has 0 spiro atoms. The Morgan fingerprint density at radius 2 is 2.00 bits per heavy atom. The van der Waals surface area contributed by atoms with Crippen molar-refractivity contribution < 1.29 is 4.74 Å². The first-order valence-electron chi connectivity index (χ1n) is 12.4. The summed E-state index contributed by atoms with van der Waals surface area (Å²) in [5, 5.41) is 8.16. The number of nitrogens with one attached hydrogen (secondary N) is 2. The molecule has 1 unspecified atom stereocenters. The molecule has 2 fully saturated rings. The van der Waals surface area contributed by atoms with Crippen LogP contribution in [0.1, 0.15) is 49.3 Å². The minimum absolute atomic E-state index is 0.326. The van der Waals surface area contributed by atoms with Crippen molar-refractivity contribution in [3.05, 3.63) is 41.3 Å². The molecule has 1 atom stereocenters. The van der Waals surface area contributed by atoms with Gasteiger partial charge in [-0.2, -0.15) is 5.10 Å². The van der Waals surface area contributed by atoms with Crippen LogP contribution >= 0.6 is 0 Å². The van der Waals surface area contributed by atoms with Crippen molar-refractivity contribution in [1.82, 2.24) is 29.9 Å². The summed E-state index contributed by atoms with van der Waals surface area (Å²) in [6, 6.07) is 5.36. The van der Waals surface area contributed by atoms with Crippen LogP contribution in [-0.4, -0.2) is 63.0 Å². The maximum atomic E-state index is 5.34. The normalized spacial score (nSPS) is 19.4. The van der Waals surface area contributed by atoms with Crippen molar-refractivity contribution in [3.8, 4) is 11.3 Å². The lowest BCUT2D eigenvalue weighted by Gasteiger charge is -2.38. The van der Waals surface area contributed by atoms with Crippen molar-refractivity contribution in [2.24, 2.45) is 0 Å². The molecule has 6 heterocycles. The Morgan fingerprint density at radius 1 is 1.15 bits per heavy atom. The van der Waals surface area contributed by atoms with E-state index in [4.69, 9.17) is 9.72 Å². The van der Waals surface area contributed by atoms with E-state index in [0.717, 1.165) is 65.6 Å². The molecule has 0 saturated carbocycles. The SMILES string of the molecule is Cc1c(-c2[nH]c3ccc(N4CCCC(NC5COC5)C4)nc3c2C(C)C)cn2ncnc2c1C. The van der Waals surface area contributed by atoms with Gasteiger partial charge in [0.2, 0.25) is 0 Å². The molecule has 0 aliphatic carbocycles. The highest BCUT2D eigenvalue weighted by molar-refractivity contribution is 5.90. The monoisotopic (exact) mass is 459 g/mol. The number of nitrogens with zero attached hydrogens (tertiary/aromatic N) is 5. The molecule has 2 aliphatic rings. The van der Waals surface area contributed by atoms with Gasteiger partial charge in [0.1, 0.15) is 12.1 Å². The quantitative estimate of drug-likeness (QED) is 0.470. The number of rotatable bonds is 5. The van der Waals surface area contributed by atoms with Crippen LogP contribution in [0, 0.1) is 13.8 Å². The number of hydrogen-bond donors (Lipinski definition) is 2. The highest BCUT2D eigenvalue weighted by Crippen LogP contribution is 2.38. The second kappa shape index (κ2) is 8.36. The molecule has 2 aliphatic heterocycles. The average molecular weight is 460 g/mol. The van der Waals surface area contributed by atoms with Gasteiger partial charge < -0.3 is 19.9 Å². The zero-order valence-electron chi connectivity index (χ0n) is 20.4. The van der Waals surface area contributed by atoms with Gasteiger partial charge in [-0.05, 0) is 55.9 Å². The van der Waals surface area contributed by atoms with E-state index in [1.54, 1.807) is 6.33 Å². The molecular formula is C26H33N7O. The second-order valence-electron chi connectivity index (χ2n) is 10.1. The van der Waals surface area contributed by atoms with Gasteiger partial charge in [0.05, 0.1) is 36.0 Å². The van der Waals surface area contributed by atoms with Gasteiger partial charge in [0, 0.05) is 36.5 Å². The fourth-order valence-electron chi connectivity index (χ4n) is 5.47. The number of ether oxygens (including phenoxy) is 1. The van der Waals surface area contributed by atoms with Crippen LogP contribution in [0.2, 0.25) is 0 Å². The first-order chi connectivity index (χ1) is 16.5. The van der Waals surface area contributed by atoms with Gasteiger partial charge in [-0.25, -0.2) is 14.5 Å². The lowest BCUT2D eigenvalue weighted by Crippen LogP contribution is -2.55. The molecule has 4 aromatic heterocycles. The third kappa shape index (κ3) is 3.56. The Kier molecular flexibility index (Phi) is 5.30. The number of pyridine rings is 2. The number of H-pyrrole nitrogens is 1. The number of fused-ring (bicyclic) bond motifs is 2. The lowest BCUT2D eigenvalue weighted by atomic mass is 9.95. The molecule has 8 heteroatoms. The van der Waals surface area contributed by atoms with E-state index in [1.807, 2.05) is 4.52 Å². The standard InChI is InChI=1S/C26H33N7O/c1-15(2)23-24(20-11-33-26(27-14-28-33)17(4)16(20)3)30-21-7-8-22(31-25(21)23)32-9-5-6-18(10-32)29-19-12-34-13-19/h7-8,11,14-15,18-19,29-30H,5-6,9-10,12-13H2,1-4H3. The molecule has 178 valence electrons. The van der Waals surface area contributed by atoms with E-state index >= 15 is 0 Å². The zero-order chi connectivity index (χ0) is 23.4. The Morgan fingerprint density at radius 3 is 2.76 bits per heavy atom. The summed E-state index contributed by atoms with van der Waals surface area (Å²) in [6.07, 6.45) is 6.10. The smallest absolute Gasteiger partial charge is 0.158 e. The van der Waals surface area contributed by atoms with Crippen LogP contribution in [-0.2, 0) is 4.74 Å². The highest BCUT2D eigenvalue weighted by atomic mass is 16.5. The van der Waals surface area contributed by atoms with Crippen molar-refractivity contribution in [3.63, 3.8) is 0 Å². The first kappa shape index (κ1) is 21.6. The Hall–Kier alpha value is -2.97. The maximum absolute atomic E-state index is 5.34. The summed E-state index contributed by atoms with van der Waals surface area (Å²) in [4.78, 5) is 15.8. The molecule has 2 saturated heterocycles. The topological polar surface area (TPSA) is 83.4 Å². The van der Waals surface area contributed by atoms with Crippen LogP contribution in [0.4, 0.5) is 5.82 Å². The lowest BCUT2D eigenvalue weighted by molar-refractivity contribution is -0.0106. The molecule has 8 nitrogen and oxygen atoms in total. The third-order valence-electron chi connectivity index (χ3n) is 7.49. The predicted octanol–water partition coefficient (Wildman–Crippen LogP) is 3.97. The minimum atomic E-state index is 0.326. The second-order valence-corrected chi connectivity index (χ2v) is 10.1. The van der Waals surface area contributed by atoms with E-state index in [-0.39, 0.29) is 0 Å². The van der Waals surface area contributed by atoms with Gasteiger partial charge in [0.15, 0.2) is 5.65 Å². The van der Waals surface area contributed by atoms with E-state index in [9.17, 15) is 0 Å². The molecule has 6 rings (SSSR count). The number of aromatic amines is 1. The Labute approximate surface area is 199 Å². The molecule has 0 aromatic carbocycles. The number of hydrogen-bond acceptors (Lipinski definition) is 6. The number of aromatic nitrogens is 5. The van der Waals surface area contributed by atoms with Crippen LogP contribution in [0.25, 0.3) is 27.9 Å². The van der Waals surface area contributed by atoms with Gasteiger partial charge in [-0.15, -0.1) is 0 Å². The van der Waals surface area contributed by atoms with Crippen molar-refractivity contribution in [2.45, 2.75) is 58.5 Å². The van der Waals surface area contributed by atoms with Crippen LogP contribution < -0.4 is 10.2 Å². The molecule has 4 aromatic rings. The van der Waals surface area contributed by atoms with Crippen molar-refractivity contribution in [2.75, 3.05) is 31.2 Å². The molecular weight excluding hydrogens is 426 g/mol. The van der Waals surface area contributed by atoms with E-state index in [1.165, 1.54) is 24.0 Å². The van der Waals surface area contributed by atoms with Gasteiger partial charge in [0.25, 0.3) is 0 Å². The molecule has 0 bridgehead atoms. The fraction of sp³-hybridized carbons (Fsp3) is 0.500. The van der Waals surface area contributed by atoms with Crippen LogP contribution in [0.15, 0.2) is 24.7 Å². The Balaban J connectivity index is 1.40. The highest BCUT2D eigenvalue weighted by Gasteiger charge is 2.27. The van der Waals surface area contributed by atoms with Crippen molar-refractivity contribution >= 4 is 22.5 Å². The van der Waals surface area contributed by atoms with E-state index < -0.39 is 0 Å². The number of anilines is 1. The van der Waals surface area contributed by atoms with E-state index in [0.29, 0.717) is 18.0 Å². The summed E-state index contributed by atoms with van der Waals surface area (Å²) in [6.45, 7) is 12.5. The molecule has 0 radical (unpaired) electrons.